The summed E-state index contributed by atoms with van der Waals surface area (Å²) in [6, 6.07) is 0.885. The molecule has 0 radical (unpaired) electrons. The van der Waals surface area contributed by atoms with Crippen molar-refractivity contribution < 1.29 is 17.2 Å². The highest BCUT2D eigenvalue weighted by atomic mass is 32.2. The van der Waals surface area contributed by atoms with Crippen LogP contribution in [0.4, 0.5) is 8.78 Å². The molecular formula is C7H8F2N2O3S. The van der Waals surface area contributed by atoms with Crippen molar-refractivity contribution >= 4 is 10.0 Å². The molecule has 3 N–H and O–H groups in total. The molecule has 0 aliphatic carbocycles. The van der Waals surface area contributed by atoms with Crippen LogP contribution in [0.15, 0.2) is 15.9 Å². The smallest absolute Gasteiger partial charge is 0.266 e. The Kier molecular flexibility index (Phi) is 2.91. The Bertz CT molecular complexity index is 536. The van der Waals surface area contributed by atoms with Crippen molar-refractivity contribution in [3.05, 3.63) is 27.5 Å². The number of sulfonamides is 1. The largest absolute Gasteiger partial charge is 0.311 e. The molecule has 0 aromatic carbocycles. The molecule has 0 aliphatic rings. The Morgan fingerprint density at radius 1 is 1.47 bits per heavy atom. The van der Waals surface area contributed by atoms with Gasteiger partial charge in [0.1, 0.15) is 0 Å². The van der Waals surface area contributed by atoms with Gasteiger partial charge in [-0.05, 0) is 12.5 Å². The average molecular weight is 238 g/mol. The lowest BCUT2D eigenvalue weighted by molar-refractivity contribution is 0.146. The van der Waals surface area contributed by atoms with Gasteiger partial charge in [0.2, 0.25) is 5.56 Å². The molecule has 0 saturated heterocycles. The van der Waals surface area contributed by atoms with Crippen molar-refractivity contribution in [1.29, 1.82) is 0 Å². The van der Waals surface area contributed by atoms with Crippen LogP contribution in [0.3, 0.4) is 0 Å². The fourth-order valence-electron chi connectivity index (χ4n) is 1.16. The maximum atomic E-state index is 12.5. The molecule has 0 fully saturated rings. The summed E-state index contributed by atoms with van der Waals surface area (Å²) in [5.74, 6) is 0. The van der Waals surface area contributed by atoms with Crippen LogP contribution in [0.5, 0.6) is 0 Å². The van der Waals surface area contributed by atoms with E-state index in [9.17, 15) is 22.0 Å². The predicted molar refractivity (Wildman–Crippen MR) is 48.1 cm³/mol. The van der Waals surface area contributed by atoms with E-state index in [0.717, 1.165) is 6.07 Å². The summed E-state index contributed by atoms with van der Waals surface area (Å²) in [4.78, 5) is 12.7. The van der Waals surface area contributed by atoms with E-state index in [1.807, 2.05) is 0 Å². The van der Waals surface area contributed by atoms with Gasteiger partial charge < -0.3 is 4.98 Å². The Morgan fingerprint density at radius 3 is 2.40 bits per heavy atom. The molecule has 0 unspecified atom stereocenters. The number of aromatic amines is 1. The van der Waals surface area contributed by atoms with Crippen LogP contribution in [-0.4, -0.2) is 13.4 Å². The molecule has 0 atom stereocenters. The summed E-state index contributed by atoms with van der Waals surface area (Å²) in [5, 5.41) is 3.77. The molecule has 1 rings (SSSR count). The maximum Gasteiger partial charge on any atom is 0.266 e. The van der Waals surface area contributed by atoms with Gasteiger partial charge in [0.05, 0.1) is 5.56 Å². The van der Waals surface area contributed by atoms with Gasteiger partial charge in [-0.2, -0.15) is 0 Å². The summed E-state index contributed by atoms with van der Waals surface area (Å²) in [6.45, 7) is 1.21. The molecule has 0 spiro atoms. The second-order valence-corrected chi connectivity index (χ2v) is 4.40. The Labute approximate surface area is 84.0 Å². The van der Waals surface area contributed by atoms with Crippen LogP contribution in [0.1, 0.15) is 17.6 Å². The van der Waals surface area contributed by atoms with Crippen molar-refractivity contribution in [3.8, 4) is 0 Å². The zero-order valence-electron chi connectivity index (χ0n) is 7.62. The van der Waals surface area contributed by atoms with E-state index >= 15 is 0 Å². The molecule has 84 valence electrons. The van der Waals surface area contributed by atoms with Crippen LogP contribution in [0, 0.1) is 6.92 Å². The van der Waals surface area contributed by atoms with Crippen LogP contribution in [0.25, 0.3) is 0 Å². The van der Waals surface area contributed by atoms with Gasteiger partial charge in [0.25, 0.3) is 16.4 Å². The number of aromatic nitrogens is 1. The first kappa shape index (κ1) is 11.8. The first-order chi connectivity index (χ1) is 6.73. The van der Waals surface area contributed by atoms with E-state index in [1.54, 1.807) is 4.98 Å². The van der Waals surface area contributed by atoms with Crippen molar-refractivity contribution in [2.75, 3.05) is 0 Å². The number of H-pyrrole nitrogens is 1. The Morgan fingerprint density at radius 2 is 2.00 bits per heavy atom. The molecule has 0 saturated carbocycles. The number of nitrogens with one attached hydrogen (secondary N) is 1. The lowest BCUT2D eigenvalue weighted by atomic mass is 10.2. The van der Waals surface area contributed by atoms with E-state index in [0.29, 0.717) is 0 Å². The number of pyridine rings is 1. The van der Waals surface area contributed by atoms with Crippen molar-refractivity contribution in [1.82, 2.24) is 4.98 Å². The number of nitrogens with two attached hydrogens (primary N) is 1. The summed E-state index contributed by atoms with van der Waals surface area (Å²) in [5.41, 5.74) is -1.67. The van der Waals surface area contributed by atoms with Crippen LogP contribution < -0.4 is 10.7 Å². The summed E-state index contributed by atoms with van der Waals surface area (Å²) < 4.78 is 46.9. The van der Waals surface area contributed by atoms with Gasteiger partial charge in [0, 0.05) is 6.07 Å². The molecule has 0 amide bonds. The SMILES string of the molecule is Cc1cc(=O)[nH]c(S(N)(=O)=O)c1C(F)F. The lowest BCUT2D eigenvalue weighted by Gasteiger charge is -2.08. The minimum atomic E-state index is -4.36. The van der Waals surface area contributed by atoms with Crippen LogP contribution in [0.2, 0.25) is 0 Å². The van der Waals surface area contributed by atoms with Gasteiger partial charge in [-0.1, -0.05) is 0 Å². The first-order valence-electron chi connectivity index (χ1n) is 3.78. The normalized spacial score (nSPS) is 12.1. The average Bonchev–Trinajstić information content (AvgIpc) is 1.99. The third kappa shape index (κ3) is 2.39. The van der Waals surface area contributed by atoms with Crippen molar-refractivity contribution in [2.24, 2.45) is 5.14 Å². The highest BCUT2D eigenvalue weighted by Gasteiger charge is 2.23. The van der Waals surface area contributed by atoms with Gasteiger partial charge in [-0.15, -0.1) is 0 Å². The number of alkyl halides is 2. The zero-order valence-corrected chi connectivity index (χ0v) is 8.44. The summed E-state index contributed by atoms with van der Waals surface area (Å²) >= 11 is 0. The standard InChI is InChI=1S/C7H8F2N2O3S/c1-3-2-4(12)11-7(15(10,13)14)5(3)6(8)9/h2,6H,1H3,(H,11,12)(H2,10,13,14). The van der Waals surface area contributed by atoms with E-state index in [-0.39, 0.29) is 5.56 Å². The third-order valence-corrected chi connectivity index (χ3v) is 2.65. The van der Waals surface area contributed by atoms with E-state index < -0.39 is 32.6 Å². The Balaban J connectivity index is 3.70. The third-order valence-electron chi connectivity index (χ3n) is 1.76. The molecule has 0 bridgehead atoms. The molecule has 1 heterocycles. The highest BCUT2D eigenvalue weighted by Crippen LogP contribution is 2.25. The van der Waals surface area contributed by atoms with Crippen molar-refractivity contribution in [3.63, 3.8) is 0 Å². The van der Waals surface area contributed by atoms with Gasteiger partial charge in [-0.25, -0.2) is 22.3 Å². The molecule has 1 aromatic heterocycles. The lowest BCUT2D eigenvalue weighted by Crippen LogP contribution is -2.22. The fraction of sp³-hybridized carbons (Fsp3) is 0.286. The zero-order chi connectivity index (χ0) is 11.8. The second kappa shape index (κ2) is 3.70. The quantitative estimate of drug-likeness (QED) is 0.774. The second-order valence-electron chi connectivity index (χ2n) is 2.91. The summed E-state index contributed by atoms with van der Waals surface area (Å²) in [6.07, 6.45) is -3.02. The van der Waals surface area contributed by atoms with Gasteiger partial charge >= 0.3 is 0 Å². The van der Waals surface area contributed by atoms with E-state index in [4.69, 9.17) is 5.14 Å². The Hall–Kier alpha value is -1.28. The predicted octanol–water partition coefficient (Wildman–Crippen LogP) is 0.268. The maximum absolute atomic E-state index is 12.5. The minimum Gasteiger partial charge on any atom is -0.311 e. The number of primary sulfonamides is 1. The van der Waals surface area contributed by atoms with E-state index in [1.165, 1.54) is 6.92 Å². The first-order valence-corrected chi connectivity index (χ1v) is 5.33. The molecule has 1 aromatic rings. The number of halogens is 2. The van der Waals surface area contributed by atoms with Crippen molar-refractivity contribution in [2.45, 2.75) is 18.4 Å². The fourth-order valence-corrected chi connectivity index (χ4v) is 1.96. The van der Waals surface area contributed by atoms with Crippen LogP contribution in [-0.2, 0) is 10.0 Å². The van der Waals surface area contributed by atoms with Gasteiger partial charge in [0.15, 0.2) is 5.03 Å². The molecular weight excluding hydrogens is 230 g/mol. The molecule has 0 aliphatic heterocycles. The topological polar surface area (TPSA) is 93.0 Å². The molecule has 15 heavy (non-hydrogen) atoms. The minimum absolute atomic E-state index is 0.113. The number of rotatable bonds is 2. The molecule has 5 nitrogen and oxygen atoms in total. The number of aryl methyl sites for hydroxylation is 1. The number of hydrogen-bond donors (Lipinski definition) is 2. The monoisotopic (exact) mass is 238 g/mol. The summed E-state index contributed by atoms with van der Waals surface area (Å²) in [7, 11) is -4.36. The van der Waals surface area contributed by atoms with E-state index in [2.05, 4.69) is 0 Å². The number of hydrogen-bond acceptors (Lipinski definition) is 3. The van der Waals surface area contributed by atoms with Gasteiger partial charge in [-0.3, -0.25) is 4.79 Å². The van der Waals surface area contributed by atoms with Crippen LogP contribution >= 0.6 is 0 Å². The highest BCUT2D eigenvalue weighted by molar-refractivity contribution is 7.89. The molecule has 8 heteroatoms.